The maximum atomic E-state index is 13.7. The van der Waals surface area contributed by atoms with E-state index in [1.165, 1.54) is 30.6 Å². The Morgan fingerprint density at radius 3 is 2.21 bits per heavy atom. The molecule has 0 saturated carbocycles. The second-order valence-electron chi connectivity index (χ2n) is 10.2. The number of hydrogen-bond donors (Lipinski definition) is 2. The van der Waals surface area contributed by atoms with E-state index in [0.29, 0.717) is 22.2 Å². The molecule has 0 aliphatic heterocycles. The van der Waals surface area contributed by atoms with Crippen LogP contribution in [0.2, 0.25) is 5.02 Å². The monoisotopic (exact) mass is 670 g/mol. The molecule has 0 radical (unpaired) electrons. The summed E-state index contributed by atoms with van der Waals surface area (Å²) in [5.41, 5.74) is 3.01. The summed E-state index contributed by atoms with van der Waals surface area (Å²) in [5.74, 6) is -1.15. The van der Waals surface area contributed by atoms with Crippen LogP contribution in [-0.2, 0) is 28.7 Å². The quantitative estimate of drug-likeness (QED) is 0.0963. The molecule has 0 aliphatic carbocycles. The minimum Gasteiger partial charge on any atom is -0.489 e. The van der Waals surface area contributed by atoms with E-state index >= 15 is 0 Å². The van der Waals surface area contributed by atoms with Gasteiger partial charge < -0.3 is 10.1 Å². The van der Waals surface area contributed by atoms with Crippen molar-refractivity contribution in [2.45, 2.75) is 19.1 Å². The summed E-state index contributed by atoms with van der Waals surface area (Å²) < 4.78 is 31.0. The van der Waals surface area contributed by atoms with Crippen molar-refractivity contribution in [1.82, 2.24) is 10.3 Å². The molecule has 47 heavy (non-hydrogen) atoms. The summed E-state index contributed by atoms with van der Waals surface area (Å²) in [4.78, 5) is 41.3. The molecule has 5 aromatic rings. The fourth-order valence-electron chi connectivity index (χ4n) is 4.71. The first kappa shape index (κ1) is 32.8. The number of nitro groups is 1. The molecule has 0 fully saturated rings. The number of hydrogen-bond acceptors (Lipinski definition) is 8. The van der Waals surface area contributed by atoms with Crippen molar-refractivity contribution in [3.63, 3.8) is 0 Å². The predicted molar refractivity (Wildman–Crippen MR) is 178 cm³/mol. The van der Waals surface area contributed by atoms with Crippen LogP contribution < -0.4 is 14.4 Å². The van der Waals surface area contributed by atoms with Crippen LogP contribution in [0.3, 0.4) is 0 Å². The topological polar surface area (TPSA) is 149 Å². The summed E-state index contributed by atoms with van der Waals surface area (Å²) in [7, 11) is -3.62. The lowest BCUT2D eigenvalue weighted by Crippen LogP contribution is -2.49. The zero-order valence-electron chi connectivity index (χ0n) is 24.6. The highest BCUT2D eigenvalue weighted by molar-refractivity contribution is 7.75. The fourth-order valence-corrected chi connectivity index (χ4v) is 5.51. The molecule has 4 aromatic carbocycles. The smallest absolute Gasteiger partial charge is 0.289 e. The van der Waals surface area contributed by atoms with E-state index in [2.05, 4.69) is 10.3 Å². The number of carbonyl (C=O) groups is 2. The molecule has 11 nitrogen and oxygen atoms in total. The van der Waals surface area contributed by atoms with Crippen molar-refractivity contribution in [1.29, 1.82) is 0 Å². The third kappa shape index (κ3) is 8.37. The van der Waals surface area contributed by atoms with E-state index in [0.717, 1.165) is 28.8 Å². The van der Waals surface area contributed by atoms with Crippen LogP contribution >= 0.6 is 11.6 Å². The number of benzene rings is 4. The Morgan fingerprint density at radius 2 is 1.57 bits per heavy atom. The fraction of sp³-hybridized carbons (Fsp3) is 0.0882. The SMILES string of the molecule is O=C(N[C@@H](Cc1ccc(OCc2ccc(-c3ccccc3)cc2)cc1)C(=O)N(c1ccc(Cl)c([N+](=O)[O-])c1)[SH](=O)=O)c1cccnc1. The largest absolute Gasteiger partial charge is 0.489 e. The van der Waals surface area contributed by atoms with Crippen LogP contribution in [0.1, 0.15) is 21.5 Å². The Balaban J connectivity index is 1.33. The Morgan fingerprint density at radius 1 is 0.894 bits per heavy atom. The number of thiol groups is 1. The number of nitro benzene ring substituents is 1. The Kier molecular flexibility index (Phi) is 10.6. The van der Waals surface area contributed by atoms with Gasteiger partial charge in [-0.25, -0.2) is 12.7 Å². The van der Waals surface area contributed by atoms with Crippen molar-refractivity contribution >= 4 is 45.7 Å². The van der Waals surface area contributed by atoms with Crippen molar-refractivity contribution in [3.05, 3.63) is 153 Å². The van der Waals surface area contributed by atoms with Gasteiger partial charge in [0.05, 0.1) is 16.2 Å². The molecule has 1 N–H and O–H groups in total. The predicted octanol–water partition coefficient (Wildman–Crippen LogP) is 5.79. The highest BCUT2D eigenvalue weighted by Gasteiger charge is 2.31. The molecular formula is C34H27ClN4O7S. The zero-order chi connectivity index (χ0) is 33.3. The Bertz CT molecular complexity index is 1950. The number of halogens is 1. The van der Waals surface area contributed by atoms with Gasteiger partial charge in [0.15, 0.2) is 0 Å². The lowest BCUT2D eigenvalue weighted by molar-refractivity contribution is -0.384. The number of amides is 2. The summed E-state index contributed by atoms with van der Waals surface area (Å²) in [5, 5.41) is 13.8. The molecule has 0 unspecified atom stereocenters. The van der Waals surface area contributed by atoms with Crippen molar-refractivity contribution in [2.75, 3.05) is 4.31 Å². The van der Waals surface area contributed by atoms with Gasteiger partial charge in [-0.2, -0.15) is 0 Å². The van der Waals surface area contributed by atoms with E-state index in [-0.39, 0.29) is 22.7 Å². The molecule has 0 spiro atoms. The maximum Gasteiger partial charge on any atom is 0.289 e. The van der Waals surface area contributed by atoms with E-state index in [9.17, 15) is 28.1 Å². The van der Waals surface area contributed by atoms with Gasteiger partial charge in [-0.15, -0.1) is 0 Å². The third-order valence-electron chi connectivity index (χ3n) is 7.10. The number of anilines is 1. The average molecular weight is 671 g/mol. The molecule has 0 bridgehead atoms. The van der Waals surface area contributed by atoms with Crippen LogP contribution in [0.25, 0.3) is 11.1 Å². The van der Waals surface area contributed by atoms with E-state index < -0.39 is 39.4 Å². The summed E-state index contributed by atoms with van der Waals surface area (Å²) >= 11 is 5.89. The number of pyridine rings is 1. The standard InChI is InChI=1S/C34H27ClN4O7S/c35-30-17-14-28(20-32(30)39(42)43)38(47(44)45)34(41)31(37-33(40)27-7-4-18-36-21-27)19-23-10-15-29(16-11-23)46-22-24-8-12-26(13-9-24)25-5-2-1-3-6-25/h1-18,20-21,31,47H,19,22H2,(H,37,40)/t31-/m0/s1. The number of aromatic nitrogens is 1. The molecular weight excluding hydrogens is 644 g/mol. The van der Waals surface area contributed by atoms with Gasteiger partial charge in [0.25, 0.3) is 17.5 Å². The molecule has 13 heteroatoms. The van der Waals surface area contributed by atoms with Crippen LogP contribution in [0.4, 0.5) is 11.4 Å². The molecule has 1 atom stereocenters. The van der Waals surface area contributed by atoms with Gasteiger partial charge in [-0.3, -0.25) is 24.7 Å². The Labute approximate surface area is 276 Å². The van der Waals surface area contributed by atoms with Crippen LogP contribution in [0, 0.1) is 10.1 Å². The lowest BCUT2D eigenvalue weighted by atomic mass is 10.0. The van der Waals surface area contributed by atoms with Gasteiger partial charge in [0, 0.05) is 24.9 Å². The first-order valence-electron chi connectivity index (χ1n) is 14.2. The van der Waals surface area contributed by atoms with Crippen molar-refractivity contribution in [3.8, 4) is 16.9 Å². The van der Waals surface area contributed by atoms with Crippen LogP contribution in [0.5, 0.6) is 5.75 Å². The molecule has 0 saturated heterocycles. The Hall–Kier alpha value is -5.59. The first-order chi connectivity index (χ1) is 22.7. The van der Waals surface area contributed by atoms with E-state index in [4.69, 9.17) is 16.3 Å². The van der Waals surface area contributed by atoms with Crippen LogP contribution in [-0.4, -0.2) is 36.2 Å². The molecule has 238 valence electrons. The minimum atomic E-state index is -3.62. The molecule has 0 aliphatic rings. The summed E-state index contributed by atoms with van der Waals surface area (Å²) in [6.45, 7) is 0.315. The maximum absolute atomic E-state index is 13.7. The minimum absolute atomic E-state index is 0.110. The summed E-state index contributed by atoms with van der Waals surface area (Å²) in [6.07, 6.45) is 2.66. The third-order valence-corrected chi connectivity index (χ3v) is 8.17. The van der Waals surface area contributed by atoms with E-state index in [1.54, 1.807) is 24.3 Å². The lowest BCUT2D eigenvalue weighted by Gasteiger charge is -2.24. The van der Waals surface area contributed by atoms with Crippen LogP contribution in [0.15, 0.2) is 122 Å². The highest BCUT2D eigenvalue weighted by Crippen LogP contribution is 2.30. The molecule has 1 aromatic heterocycles. The second kappa shape index (κ2) is 15.1. The van der Waals surface area contributed by atoms with Gasteiger partial charge in [-0.05, 0) is 58.7 Å². The number of carbonyl (C=O) groups excluding carboxylic acids is 2. The van der Waals surface area contributed by atoms with Gasteiger partial charge in [0.1, 0.15) is 23.4 Å². The molecule has 5 rings (SSSR count). The molecule has 2 amide bonds. The second-order valence-corrected chi connectivity index (χ2v) is 11.5. The first-order valence-corrected chi connectivity index (χ1v) is 15.7. The molecule has 1 heterocycles. The average Bonchev–Trinajstić information content (AvgIpc) is 3.09. The van der Waals surface area contributed by atoms with Gasteiger partial charge in [0.2, 0.25) is 10.9 Å². The normalized spacial score (nSPS) is 11.4. The number of nitrogens with zero attached hydrogens (tertiary/aromatic N) is 3. The number of rotatable bonds is 12. The number of nitrogens with one attached hydrogen (secondary N) is 1. The highest BCUT2D eigenvalue weighted by atomic mass is 35.5. The van der Waals surface area contributed by atoms with Crippen molar-refractivity contribution in [2.24, 2.45) is 0 Å². The van der Waals surface area contributed by atoms with Crippen molar-refractivity contribution < 1.29 is 27.7 Å². The van der Waals surface area contributed by atoms with E-state index in [1.807, 2.05) is 54.6 Å². The van der Waals surface area contributed by atoms with Gasteiger partial charge in [-0.1, -0.05) is 78.3 Å². The van der Waals surface area contributed by atoms with Gasteiger partial charge >= 0.3 is 0 Å². The summed E-state index contributed by atoms with van der Waals surface area (Å²) in [6, 6.07) is 29.6. The number of ether oxygens (including phenoxy) is 1. The zero-order valence-corrected chi connectivity index (χ0v) is 26.2.